The highest BCUT2D eigenvalue weighted by Gasteiger charge is 2.38. The number of pyridine rings is 1. The van der Waals surface area contributed by atoms with Crippen molar-refractivity contribution in [3.63, 3.8) is 0 Å². The Kier molecular flexibility index (Phi) is 5.92. The molecule has 1 saturated heterocycles. The summed E-state index contributed by atoms with van der Waals surface area (Å²) in [7, 11) is 1.93. The molecule has 1 atom stereocenters. The van der Waals surface area contributed by atoms with Crippen LogP contribution in [0.2, 0.25) is 5.02 Å². The molecule has 6 rings (SSSR count). The number of hydrogen-bond acceptors (Lipinski definition) is 4. The third kappa shape index (κ3) is 3.94. The van der Waals surface area contributed by atoms with Gasteiger partial charge in [-0.1, -0.05) is 29.8 Å². The van der Waals surface area contributed by atoms with Crippen molar-refractivity contribution in [1.29, 1.82) is 0 Å². The van der Waals surface area contributed by atoms with E-state index in [4.69, 9.17) is 11.6 Å². The molecule has 3 aliphatic rings. The minimum absolute atomic E-state index is 0.00597. The maximum atomic E-state index is 13.4. The van der Waals surface area contributed by atoms with Crippen molar-refractivity contribution in [3.05, 3.63) is 93.8 Å². The fourth-order valence-electron chi connectivity index (χ4n) is 6.08. The van der Waals surface area contributed by atoms with Crippen LogP contribution in [0.25, 0.3) is 0 Å². The highest BCUT2D eigenvalue weighted by atomic mass is 35.5. The van der Waals surface area contributed by atoms with Gasteiger partial charge >= 0.3 is 0 Å². The van der Waals surface area contributed by atoms with Crippen LogP contribution in [-0.2, 0) is 13.0 Å². The van der Waals surface area contributed by atoms with Crippen molar-refractivity contribution >= 4 is 29.1 Å². The summed E-state index contributed by atoms with van der Waals surface area (Å²) in [6.07, 6.45) is 7.26. The van der Waals surface area contributed by atoms with Gasteiger partial charge in [-0.2, -0.15) is 0 Å². The van der Waals surface area contributed by atoms with E-state index in [0.29, 0.717) is 17.1 Å². The number of rotatable bonds is 4. The van der Waals surface area contributed by atoms with E-state index >= 15 is 0 Å². The van der Waals surface area contributed by atoms with Crippen molar-refractivity contribution in [2.24, 2.45) is 0 Å². The Morgan fingerprint density at radius 2 is 1.81 bits per heavy atom. The topological polar surface area (TPSA) is 56.8 Å². The smallest absolute Gasteiger partial charge is 0.256 e. The summed E-state index contributed by atoms with van der Waals surface area (Å²) >= 11 is 6.33. The van der Waals surface area contributed by atoms with Gasteiger partial charge in [-0.3, -0.25) is 14.6 Å². The lowest BCUT2D eigenvalue weighted by Crippen LogP contribution is -2.45. The number of hydrogen-bond donors (Lipinski definition) is 0. The zero-order valence-electron chi connectivity index (χ0n) is 20.4. The first kappa shape index (κ1) is 23.0. The van der Waals surface area contributed by atoms with Gasteiger partial charge in [-0.25, -0.2) is 0 Å². The van der Waals surface area contributed by atoms with Crippen LogP contribution < -0.4 is 4.90 Å². The van der Waals surface area contributed by atoms with Crippen LogP contribution in [0.3, 0.4) is 0 Å². The van der Waals surface area contributed by atoms with Gasteiger partial charge in [0.25, 0.3) is 11.8 Å². The molecule has 36 heavy (non-hydrogen) atoms. The van der Waals surface area contributed by atoms with E-state index in [-0.39, 0.29) is 23.9 Å². The SMILES string of the molecule is CN(C(=O)c1ccc2c(c1)CC[C@H]2N1Cc2cccc(Cl)c2C1=O)C1CCN(c2ccncc2)CC1. The first-order valence-corrected chi connectivity index (χ1v) is 13.0. The molecule has 1 aliphatic carbocycles. The Morgan fingerprint density at radius 1 is 1.03 bits per heavy atom. The lowest BCUT2D eigenvalue weighted by molar-refractivity contribution is 0.0695. The fraction of sp³-hybridized carbons (Fsp3) is 0.345. The number of aromatic nitrogens is 1. The Hall–Kier alpha value is -3.38. The molecule has 3 aromatic rings. The van der Waals surface area contributed by atoms with Gasteiger partial charge in [0.2, 0.25) is 0 Å². The monoisotopic (exact) mass is 500 g/mol. The number of carbonyl (C=O) groups excluding carboxylic acids is 2. The molecule has 0 N–H and O–H groups in total. The van der Waals surface area contributed by atoms with E-state index < -0.39 is 0 Å². The predicted molar refractivity (Wildman–Crippen MR) is 140 cm³/mol. The Labute approximate surface area is 216 Å². The van der Waals surface area contributed by atoms with E-state index in [0.717, 1.165) is 55.5 Å². The second-order valence-corrected chi connectivity index (χ2v) is 10.4. The third-order valence-electron chi connectivity index (χ3n) is 8.09. The van der Waals surface area contributed by atoms with Crippen molar-refractivity contribution in [2.45, 2.75) is 44.3 Å². The summed E-state index contributed by atoms with van der Waals surface area (Å²) in [5.74, 6) is 0.0755. The molecular formula is C29H29ClN4O2. The maximum absolute atomic E-state index is 13.4. The highest BCUT2D eigenvalue weighted by Crippen LogP contribution is 2.41. The summed E-state index contributed by atoms with van der Waals surface area (Å²) in [5.41, 5.74) is 5.86. The molecule has 0 saturated carbocycles. The lowest BCUT2D eigenvalue weighted by Gasteiger charge is -2.38. The molecule has 2 amide bonds. The van der Waals surface area contributed by atoms with E-state index in [2.05, 4.69) is 16.0 Å². The lowest BCUT2D eigenvalue weighted by atomic mass is 10.00. The van der Waals surface area contributed by atoms with Crippen LogP contribution >= 0.6 is 11.6 Å². The molecule has 7 heteroatoms. The van der Waals surface area contributed by atoms with E-state index in [1.165, 1.54) is 11.3 Å². The first-order chi connectivity index (χ1) is 17.5. The molecule has 2 aliphatic heterocycles. The van der Waals surface area contributed by atoms with E-state index in [9.17, 15) is 9.59 Å². The molecule has 1 aromatic heterocycles. The Bertz CT molecular complexity index is 1320. The predicted octanol–water partition coefficient (Wildman–Crippen LogP) is 5.12. The molecule has 3 heterocycles. The summed E-state index contributed by atoms with van der Waals surface area (Å²) in [4.78, 5) is 36.9. The summed E-state index contributed by atoms with van der Waals surface area (Å²) in [6, 6.07) is 16.0. The number of halogens is 1. The van der Waals surface area contributed by atoms with Crippen LogP contribution in [-0.4, -0.2) is 52.8 Å². The average molecular weight is 501 g/mol. The molecule has 0 unspecified atom stereocenters. The van der Waals surface area contributed by atoms with Crippen LogP contribution in [0.15, 0.2) is 60.9 Å². The normalized spacial score (nSPS) is 19.4. The first-order valence-electron chi connectivity index (χ1n) is 12.6. The van der Waals surface area contributed by atoms with E-state index in [1.807, 2.05) is 65.6 Å². The minimum Gasteiger partial charge on any atom is -0.371 e. The number of benzene rings is 2. The Balaban J connectivity index is 1.14. The van der Waals surface area contributed by atoms with Gasteiger partial charge in [0, 0.05) is 56.4 Å². The molecule has 2 aromatic carbocycles. The largest absolute Gasteiger partial charge is 0.371 e. The van der Waals surface area contributed by atoms with Gasteiger partial charge in [0.05, 0.1) is 16.6 Å². The molecule has 6 nitrogen and oxygen atoms in total. The molecule has 1 fully saturated rings. The summed E-state index contributed by atoms with van der Waals surface area (Å²) in [6.45, 7) is 2.43. The molecule has 0 radical (unpaired) electrons. The fourth-order valence-corrected chi connectivity index (χ4v) is 6.35. The quantitative estimate of drug-likeness (QED) is 0.499. The van der Waals surface area contributed by atoms with Gasteiger partial charge in [-0.15, -0.1) is 0 Å². The number of carbonyl (C=O) groups is 2. The standard InChI is InChI=1S/C29H29ClN4O2/c1-32(22-11-15-33(16-12-22)23-9-13-31-14-10-23)28(35)20-5-7-24-19(17-20)6-8-26(24)34-18-21-3-2-4-25(30)27(21)29(34)36/h2-5,7,9-10,13-14,17,22,26H,6,8,11-12,15-16,18H2,1H3/t26-/m1/s1. The Morgan fingerprint density at radius 3 is 2.56 bits per heavy atom. The molecular weight excluding hydrogens is 472 g/mol. The number of anilines is 1. The average Bonchev–Trinajstić information content (AvgIpc) is 3.49. The van der Waals surface area contributed by atoms with Gasteiger partial charge in [0.1, 0.15) is 0 Å². The second-order valence-electron chi connectivity index (χ2n) is 10.0. The van der Waals surface area contributed by atoms with Crippen molar-refractivity contribution in [2.75, 3.05) is 25.0 Å². The van der Waals surface area contributed by atoms with Crippen LogP contribution in [0.4, 0.5) is 5.69 Å². The summed E-state index contributed by atoms with van der Waals surface area (Å²) in [5, 5.41) is 0.522. The zero-order chi connectivity index (χ0) is 24.8. The zero-order valence-corrected chi connectivity index (χ0v) is 21.1. The maximum Gasteiger partial charge on any atom is 0.256 e. The van der Waals surface area contributed by atoms with Crippen molar-refractivity contribution in [3.8, 4) is 0 Å². The summed E-state index contributed by atoms with van der Waals surface area (Å²) < 4.78 is 0. The third-order valence-corrected chi connectivity index (χ3v) is 8.40. The minimum atomic E-state index is 0.00597. The number of piperidine rings is 1. The number of fused-ring (bicyclic) bond motifs is 2. The highest BCUT2D eigenvalue weighted by molar-refractivity contribution is 6.34. The van der Waals surface area contributed by atoms with Crippen molar-refractivity contribution in [1.82, 2.24) is 14.8 Å². The van der Waals surface area contributed by atoms with Crippen molar-refractivity contribution < 1.29 is 9.59 Å². The second kappa shape index (κ2) is 9.25. The number of nitrogens with zero attached hydrogens (tertiary/aromatic N) is 4. The van der Waals surface area contributed by atoms with Gasteiger partial charge < -0.3 is 14.7 Å². The van der Waals surface area contributed by atoms with Crippen LogP contribution in [0.1, 0.15) is 62.7 Å². The number of aryl methyl sites for hydroxylation is 1. The van der Waals surface area contributed by atoms with Crippen LogP contribution in [0, 0.1) is 0 Å². The molecule has 0 bridgehead atoms. The molecule has 0 spiro atoms. The molecule has 184 valence electrons. The van der Waals surface area contributed by atoms with Gasteiger partial charge in [0.15, 0.2) is 0 Å². The van der Waals surface area contributed by atoms with Gasteiger partial charge in [-0.05, 0) is 72.7 Å². The van der Waals surface area contributed by atoms with Crippen LogP contribution in [0.5, 0.6) is 0 Å². The van der Waals surface area contributed by atoms with E-state index in [1.54, 1.807) is 6.07 Å². The number of amides is 2.